The Kier molecular flexibility index (Phi) is 18.1. The maximum atomic E-state index is 11.7. The number of quaternary nitrogens is 1. The van der Waals surface area contributed by atoms with Gasteiger partial charge in [-0.25, -0.2) is 0 Å². The van der Waals surface area contributed by atoms with Gasteiger partial charge in [-0.15, -0.1) is 0 Å². The van der Waals surface area contributed by atoms with E-state index in [1.54, 1.807) is 6.08 Å². The summed E-state index contributed by atoms with van der Waals surface area (Å²) in [5, 5.41) is 31.7. The summed E-state index contributed by atoms with van der Waals surface area (Å²) in [4.78, 5) is 33.4. The van der Waals surface area contributed by atoms with Crippen molar-refractivity contribution in [2.24, 2.45) is 0 Å². The fourth-order valence-electron chi connectivity index (χ4n) is 2.53. The largest absolute Gasteiger partial charge is 1.00 e. The number of aliphatic hydroxyl groups excluding tert-OH is 1. The van der Waals surface area contributed by atoms with Crippen LogP contribution >= 0.6 is 0 Å². The molecule has 1 amide bonds. The van der Waals surface area contributed by atoms with Gasteiger partial charge in [-0.1, -0.05) is 25.8 Å². The fraction of sp³-hybridized carbons (Fsp3) is 0.706. The molecule has 0 aromatic carbocycles. The zero-order valence-electron chi connectivity index (χ0n) is 15.9. The zero-order valence-corrected chi connectivity index (χ0v) is 19.0. The Bertz CT molecular complexity index is 439. The van der Waals surface area contributed by atoms with E-state index in [0.717, 1.165) is 19.3 Å². The van der Waals surface area contributed by atoms with E-state index in [0.29, 0.717) is 6.54 Å². The van der Waals surface area contributed by atoms with Gasteiger partial charge in [0.05, 0.1) is 39.2 Å². The minimum atomic E-state index is -1.22. The number of nitrogens with one attached hydrogen (secondary N) is 1. The quantitative estimate of drug-likeness (QED) is 0.113. The molecule has 0 aromatic rings. The van der Waals surface area contributed by atoms with Gasteiger partial charge in [0.2, 0.25) is 5.91 Å². The van der Waals surface area contributed by atoms with Crippen LogP contribution in [0.1, 0.15) is 39.0 Å². The Morgan fingerprint density at radius 3 is 2.31 bits per heavy atom. The number of allylic oxidation sites excluding steroid dienone is 1. The molecule has 0 spiro atoms. The molecule has 144 valence electrons. The summed E-state index contributed by atoms with van der Waals surface area (Å²) in [6.07, 6.45) is 5.79. The number of rotatable bonds is 15. The van der Waals surface area contributed by atoms with Crippen molar-refractivity contribution in [1.29, 1.82) is 0 Å². The van der Waals surface area contributed by atoms with Crippen molar-refractivity contribution < 1.29 is 85.6 Å². The van der Waals surface area contributed by atoms with E-state index in [-0.39, 0.29) is 107 Å². The molecule has 0 aliphatic heterocycles. The Morgan fingerprint density at radius 1 is 1.12 bits per heavy atom. The summed E-state index contributed by atoms with van der Waals surface area (Å²) < 4.78 is 0.108. The Hall–Kier alpha value is -0.294. The van der Waals surface area contributed by atoms with Crippen LogP contribution in [-0.4, -0.2) is 71.9 Å². The SMILES string of the molecule is CCCC/C=C/C(=O)NCC[N+](CCO)(CCC(=O)[O-])CCC(=O)O.[K+]. The first-order valence-electron chi connectivity index (χ1n) is 8.67. The predicted octanol–water partition coefficient (Wildman–Crippen LogP) is -3.72. The van der Waals surface area contributed by atoms with Crippen molar-refractivity contribution in [2.45, 2.75) is 39.0 Å². The van der Waals surface area contributed by atoms with Gasteiger partial charge in [0.15, 0.2) is 0 Å². The normalized spacial score (nSPS) is 13.0. The van der Waals surface area contributed by atoms with Gasteiger partial charge in [-0.3, -0.25) is 9.59 Å². The van der Waals surface area contributed by atoms with Crippen LogP contribution in [0.15, 0.2) is 12.2 Å². The molecular weight excluding hydrogens is 367 g/mol. The van der Waals surface area contributed by atoms with E-state index in [1.165, 1.54) is 6.08 Å². The van der Waals surface area contributed by atoms with E-state index in [9.17, 15) is 24.6 Å². The summed E-state index contributed by atoms with van der Waals surface area (Å²) >= 11 is 0. The first kappa shape index (κ1) is 27.9. The smallest absolute Gasteiger partial charge is 0.550 e. The third-order valence-electron chi connectivity index (χ3n) is 4.04. The first-order valence-corrected chi connectivity index (χ1v) is 8.67. The molecule has 0 bridgehead atoms. The number of hydrogen-bond donors (Lipinski definition) is 3. The summed E-state index contributed by atoms with van der Waals surface area (Å²) in [6.45, 7) is 3.04. The van der Waals surface area contributed by atoms with Gasteiger partial charge in [0, 0.05) is 12.4 Å². The van der Waals surface area contributed by atoms with Crippen LogP contribution in [0.3, 0.4) is 0 Å². The van der Waals surface area contributed by atoms with Crippen LogP contribution in [0.5, 0.6) is 0 Å². The standard InChI is InChI=1S/C17H30N2O6.K/c1-2-3-4-5-6-15(21)18-9-12-19(13-14-20,10-7-16(22)23)11-8-17(24)25;/h5-6,20H,2-4,7-14H2,1H3,(H2-,18,21,22,23,24,25);/q;+1/b6-5+;. The van der Waals surface area contributed by atoms with E-state index >= 15 is 0 Å². The van der Waals surface area contributed by atoms with Crippen LogP contribution in [-0.2, 0) is 14.4 Å². The monoisotopic (exact) mass is 397 g/mol. The van der Waals surface area contributed by atoms with Crippen molar-refractivity contribution >= 4 is 17.8 Å². The molecule has 0 fully saturated rings. The second kappa shape index (κ2) is 16.8. The molecule has 0 rings (SSSR count). The molecule has 8 nitrogen and oxygen atoms in total. The molecule has 1 unspecified atom stereocenters. The van der Waals surface area contributed by atoms with Crippen LogP contribution in [0, 0.1) is 0 Å². The van der Waals surface area contributed by atoms with E-state index in [2.05, 4.69) is 12.2 Å². The minimum Gasteiger partial charge on any atom is -0.550 e. The molecule has 0 aromatic heterocycles. The van der Waals surface area contributed by atoms with Crippen molar-refractivity contribution in [3.63, 3.8) is 0 Å². The second-order valence-electron chi connectivity index (χ2n) is 6.06. The predicted molar refractivity (Wildman–Crippen MR) is 90.4 cm³/mol. The average molecular weight is 398 g/mol. The van der Waals surface area contributed by atoms with Crippen molar-refractivity contribution in [3.8, 4) is 0 Å². The molecule has 3 N–H and O–H groups in total. The Balaban J connectivity index is 0. The number of carboxylic acid groups (broad SMARTS) is 2. The molecule has 0 saturated heterocycles. The number of unbranched alkanes of at least 4 members (excludes halogenated alkanes) is 2. The molecule has 0 radical (unpaired) electrons. The van der Waals surface area contributed by atoms with Crippen molar-refractivity contribution in [2.75, 3.05) is 39.3 Å². The van der Waals surface area contributed by atoms with Crippen molar-refractivity contribution in [3.05, 3.63) is 12.2 Å². The van der Waals surface area contributed by atoms with Gasteiger partial charge in [-0.05, 0) is 12.5 Å². The third-order valence-corrected chi connectivity index (χ3v) is 4.04. The minimum absolute atomic E-state index is 0. The van der Waals surface area contributed by atoms with E-state index < -0.39 is 11.9 Å². The van der Waals surface area contributed by atoms with Gasteiger partial charge in [0.1, 0.15) is 6.54 Å². The second-order valence-corrected chi connectivity index (χ2v) is 6.06. The van der Waals surface area contributed by atoms with Crippen LogP contribution in [0.4, 0.5) is 0 Å². The summed E-state index contributed by atoms with van der Waals surface area (Å²) in [7, 11) is 0. The van der Waals surface area contributed by atoms with Crippen LogP contribution in [0.2, 0.25) is 0 Å². The Morgan fingerprint density at radius 2 is 1.77 bits per heavy atom. The molecule has 0 aliphatic carbocycles. The fourth-order valence-corrected chi connectivity index (χ4v) is 2.53. The topological polar surface area (TPSA) is 127 Å². The van der Waals surface area contributed by atoms with Gasteiger partial charge >= 0.3 is 57.4 Å². The van der Waals surface area contributed by atoms with Crippen molar-refractivity contribution in [1.82, 2.24) is 5.32 Å². The molecule has 26 heavy (non-hydrogen) atoms. The van der Waals surface area contributed by atoms with Crippen LogP contribution in [0.25, 0.3) is 0 Å². The maximum Gasteiger partial charge on any atom is 1.00 e. The Labute approximate surface area is 197 Å². The number of carbonyl (C=O) groups excluding carboxylic acids is 2. The third kappa shape index (κ3) is 14.8. The van der Waals surface area contributed by atoms with E-state index in [4.69, 9.17) is 5.11 Å². The zero-order chi connectivity index (χ0) is 19.1. The molecule has 9 heteroatoms. The summed E-state index contributed by atoms with van der Waals surface area (Å²) in [5.74, 6) is -2.45. The number of hydrogen-bond acceptors (Lipinski definition) is 5. The number of amides is 1. The molecule has 1 atom stereocenters. The summed E-state index contributed by atoms with van der Waals surface area (Å²) in [6, 6.07) is 0. The van der Waals surface area contributed by atoms with Crippen LogP contribution < -0.4 is 61.8 Å². The molecule has 0 saturated carbocycles. The van der Waals surface area contributed by atoms with Gasteiger partial charge < -0.3 is 29.9 Å². The molecule has 0 aliphatic rings. The first-order chi connectivity index (χ1) is 11.8. The number of carbonyl (C=O) groups is 3. The van der Waals surface area contributed by atoms with Gasteiger partial charge in [0.25, 0.3) is 0 Å². The average Bonchev–Trinajstić information content (AvgIpc) is 2.55. The number of aliphatic carboxylic acids is 2. The number of carboxylic acids is 2. The summed E-state index contributed by atoms with van der Waals surface area (Å²) in [5.41, 5.74) is 0. The van der Waals surface area contributed by atoms with E-state index in [1.807, 2.05) is 0 Å². The number of aliphatic hydroxyl groups is 1. The van der Waals surface area contributed by atoms with Gasteiger partial charge in [-0.2, -0.15) is 0 Å². The molecule has 0 heterocycles. The molecular formula is C17H30KN2O6+. The maximum absolute atomic E-state index is 11.7. The number of nitrogens with zero attached hydrogens (tertiary/aromatic N) is 1.